The van der Waals surface area contributed by atoms with E-state index in [1.807, 2.05) is 0 Å². The van der Waals surface area contributed by atoms with Crippen LogP contribution in [0.1, 0.15) is 6.92 Å². The minimum atomic E-state index is -0.537. The summed E-state index contributed by atoms with van der Waals surface area (Å²) in [5, 5.41) is 2.50. The van der Waals surface area contributed by atoms with Crippen molar-refractivity contribution < 1.29 is 4.39 Å². The Morgan fingerprint density at radius 1 is 1.86 bits per heavy atom. The molecule has 0 amide bonds. The van der Waals surface area contributed by atoms with Crippen LogP contribution in [0.25, 0.3) is 0 Å². The van der Waals surface area contributed by atoms with Crippen molar-refractivity contribution >= 4 is 0 Å². The first-order valence-electron chi connectivity index (χ1n) is 1.90. The van der Waals surface area contributed by atoms with Crippen LogP contribution >= 0.6 is 0 Å². The average molecular weight is 103 g/mol. The molecule has 0 aliphatic heterocycles. The molecule has 0 heterocycles. The van der Waals surface area contributed by atoms with Gasteiger partial charge in [0, 0.05) is 0 Å². The van der Waals surface area contributed by atoms with Crippen LogP contribution in [0.2, 0.25) is 0 Å². The standard InChI is InChI=1S/C4H6FNO/c1-4(6-7)2-3-5/h2-4H,1H3. The van der Waals surface area contributed by atoms with Crippen LogP contribution in [-0.2, 0) is 0 Å². The lowest BCUT2D eigenvalue weighted by Gasteiger charge is -1.83. The summed E-state index contributed by atoms with van der Waals surface area (Å²) in [7, 11) is 0. The Labute approximate surface area is 41.0 Å². The van der Waals surface area contributed by atoms with Gasteiger partial charge in [-0.25, -0.2) is 4.39 Å². The summed E-state index contributed by atoms with van der Waals surface area (Å²) < 4.78 is 11.1. The quantitative estimate of drug-likeness (QED) is 0.488. The van der Waals surface area contributed by atoms with Gasteiger partial charge in [-0.3, -0.25) is 0 Å². The predicted molar refractivity (Wildman–Crippen MR) is 25.5 cm³/mol. The minimum Gasteiger partial charge on any atom is -0.216 e. The molecular weight excluding hydrogens is 97.0 g/mol. The zero-order valence-electron chi connectivity index (χ0n) is 3.97. The highest BCUT2D eigenvalue weighted by Crippen LogP contribution is 1.88. The van der Waals surface area contributed by atoms with Gasteiger partial charge >= 0.3 is 0 Å². The summed E-state index contributed by atoms with van der Waals surface area (Å²) in [5.74, 6) is 0. The summed E-state index contributed by atoms with van der Waals surface area (Å²) in [4.78, 5) is 9.43. The lowest BCUT2D eigenvalue weighted by atomic mass is 10.4. The average Bonchev–Trinajstić information content (AvgIpc) is 1.68. The molecule has 0 aromatic rings. The zero-order chi connectivity index (χ0) is 5.70. The molecule has 0 aliphatic carbocycles. The third-order valence-electron chi connectivity index (χ3n) is 0.518. The Kier molecular flexibility index (Phi) is 3.10. The van der Waals surface area contributed by atoms with Crippen LogP contribution in [0, 0.1) is 4.91 Å². The van der Waals surface area contributed by atoms with Crippen molar-refractivity contribution in [2.45, 2.75) is 13.0 Å². The molecule has 0 fully saturated rings. The molecule has 0 saturated heterocycles. The summed E-state index contributed by atoms with van der Waals surface area (Å²) in [6.07, 6.45) is 1.39. The molecule has 3 heteroatoms. The second-order valence-corrected chi connectivity index (χ2v) is 1.16. The number of halogens is 1. The number of rotatable bonds is 2. The van der Waals surface area contributed by atoms with Gasteiger partial charge in [0.15, 0.2) is 0 Å². The van der Waals surface area contributed by atoms with Crippen molar-refractivity contribution in [1.82, 2.24) is 0 Å². The first kappa shape index (κ1) is 6.27. The minimum absolute atomic E-state index is 0.312. The molecular formula is C4H6FNO. The lowest BCUT2D eigenvalue weighted by Crippen LogP contribution is -1.86. The monoisotopic (exact) mass is 103 g/mol. The molecule has 0 aromatic carbocycles. The number of hydrogen-bond acceptors (Lipinski definition) is 2. The highest BCUT2D eigenvalue weighted by Gasteiger charge is 1.88. The van der Waals surface area contributed by atoms with Crippen molar-refractivity contribution in [2.75, 3.05) is 0 Å². The lowest BCUT2D eigenvalue weighted by molar-refractivity contribution is 0.707. The van der Waals surface area contributed by atoms with Gasteiger partial charge in [0.05, 0.1) is 6.33 Å². The smallest absolute Gasteiger partial charge is 0.110 e. The van der Waals surface area contributed by atoms with Crippen molar-refractivity contribution in [2.24, 2.45) is 5.18 Å². The third-order valence-corrected chi connectivity index (χ3v) is 0.518. The summed E-state index contributed by atoms with van der Waals surface area (Å²) in [5.41, 5.74) is 0. The molecule has 1 atom stereocenters. The summed E-state index contributed by atoms with van der Waals surface area (Å²) >= 11 is 0. The summed E-state index contributed by atoms with van der Waals surface area (Å²) in [6, 6.07) is -0.537. The Bertz CT molecular complexity index is 81.8. The number of nitrogens with zero attached hydrogens (tertiary/aromatic N) is 1. The molecule has 40 valence electrons. The topological polar surface area (TPSA) is 29.4 Å². The van der Waals surface area contributed by atoms with Crippen molar-refractivity contribution in [1.29, 1.82) is 0 Å². The highest BCUT2D eigenvalue weighted by molar-refractivity contribution is 4.83. The molecule has 1 unspecified atom stereocenters. The van der Waals surface area contributed by atoms with E-state index in [9.17, 15) is 9.30 Å². The fourth-order valence-electron chi connectivity index (χ4n) is 0.140. The van der Waals surface area contributed by atoms with E-state index in [1.54, 1.807) is 0 Å². The van der Waals surface area contributed by atoms with Crippen LogP contribution in [0.5, 0.6) is 0 Å². The van der Waals surface area contributed by atoms with E-state index in [-0.39, 0.29) is 0 Å². The maximum absolute atomic E-state index is 11.1. The first-order valence-corrected chi connectivity index (χ1v) is 1.90. The van der Waals surface area contributed by atoms with Crippen LogP contribution in [-0.4, -0.2) is 6.04 Å². The Morgan fingerprint density at radius 3 is 2.57 bits per heavy atom. The van der Waals surface area contributed by atoms with Crippen LogP contribution in [0.3, 0.4) is 0 Å². The molecule has 0 spiro atoms. The van der Waals surface area contributed by atoms with E-state index in [4.69, 9.17) is 0 Å². The Hall–Kier alpha value is -0.730. The van der Waals surface area contributed by atoms with Gasteiger partial charge in [-0.2, -0.15) is 4.91 Å². The normalized spacial score (nSPS) is 14.6. The Morgan fingerprint density at radius 2 is 2.43 bits per heavy atom. The second-order valence-electron chi connectivity index (χ2n) is 1.16. The van der Waals surface area contributed by atoms with E-state index in [0.717, 1.165) is 6.08 Å². The maximum atomic E-state index is 11.1. The zero-order valence-corrected chi connectivity index (χ0v) is 3.97. The van der Waals surface area contributed by atoms with E-state index in [1.165, 1.54) is 6.92 Å². The van der Waals surface area contributed by atoms with Crippen molar-refractivity contribution in [3.8, 4) is 0 Å². The SMILES string of the molecule is CC(C=CF)N=O. The number of nitroso groups, excluding NO2 is 1. The number of hydrogen-bond donors (Lipinski definition) is 0. The van der Waals surface area contributed by atoms with Crippen LogP contribution in [0.4, 0.5) is 4.39 Å². The van der Waals surface area contributed by atoms with Gasteiger partial charge in [0.25, 0.3) is 0 Å². The molecule has 0 saturated carbocycles. The molecule has 0 radical (unpaired) electrons. The third kappa shape index (κ3) is 3.09. The van der Waals surface area contributed by atoms with Gasteiger partial charge in [-0.1, -0.05) is 5.18 Å². The van der Waals surface area contributed by atoms with Crippen molar-refractivity contribution in [3.05, 3.63) is 17.3 Å². The largest absolute Gasteiger partial charge is 0.216 e. The highest BCUT2D eigenvalue weighted by atomic mass is 19.1. The fraction of sp³-hybridized carbons (Fsp3) is 0.500. The van der Waals surface area contributed by atoms with E-state index < -0.39 is 6.04 Å². The second kappa shape index (κ2) is 3.46. The van der Waals surface area contributed by atoms with Gasteiger partial charge in [0.2, 0.25) is 0 Å². The van der Waals surface area contributed by atoms with Crippen molar-refractivity contribution in [3.63, 3.8) is 0 Å². The summed E-state index contributed by atoms with van der Waals surface area (Å²) in [6.45, 7) is 1.50. The molecule has 0 N–H and O–H groups in total. The molecule has 0 rings (SSSR count). The van der Waals surface area contributed by atoms with Gasteiger partial charge < -0.3 is 0 Å². The van der Waals surface area contributed by atoms with E-state index >= 15 is 0 Å². The van der Waals surface area contributed by atoms with Gasteiger partial charge in [0.1, 0.15) is 6.04 Å². The fourth-order valence-corrected chi connectivity index (χ4v) is 0.140. The maximum Gasteiger partial charge on any atom is 0.110 e. The van der Waals surface area contributed by atoms with Crippen LogP contribution in [0.15, 0.2) is 17.6 Å². The Balaban J connectivity index is 3.35. The van der Waals surface area contributed by atoms with Gasteiger partial charge in [-0.15, -0.1) is 0 Å². The molecule has 0 bridgehead atoms. The first-order chi connectivity index (χ1) is 3.31. The molecule has 0 aliphatic rings. The van der Waals surface area contributed by atoms with E-state index in [0.29, 0.717) is 6.33 Å². The predicted octanol–water partition coefficient (Wildman–Crippen LogP) is 1.62. The molecule has 0 aromatic heterocycles. The van der Waals surface area contributed by atoms with Crippen LogP contribution < -0.4 is 0 Å². The molecule has 2 nitrogen and oxygen atoms in total. The van der Waals surface area contributed by atoms with Gasteiger partial charge in [-0.05, 0) is 13.0 Å². The molecule has 7 heavy (non-hydrogen) atoms. The van der Waals surface area contributed by atoms with E-state index in [2.05, 4.69) is 5.18 Å².